The van der Waals surface area contributed by atoms with Gasteiger partial charge in [0.25, 0.3) is 0 Å². The van der Waals surface area contributed by atoms with Gasteiger partial charge in [-0.05, 0) is 26.2 Å². The number of nitrogens with one attached hydrogen (secondary N) is 1. The number of nitrogens with zero attached hydrogens (tertiary/aromatic N) is 4. The minimum atomic E-state index is 0.374. The van der Waals surface area contributed by atoms with Crippen molar-refractivity contribution in [2.45, 2.75) is 44.8 Å². The Morgan fingerprint density at radius 3 is 3.10 bits per heavy atom. The van der Waals surface area contributed by atoms with Crippen LogP contribution in [-0.4, -0.2) is 39.1 Å². The lowest BCUT2D eigenvalue weighted by molar-refractivity contribution is 0.183. The van der Waals surface area contributed by atoms with Gasteiger partial charge in [0, 0.05) is 25.4 Å². The number of imidazole rings is 1. The quantitative estimate of drug-likeness (QED) is 0.913. The number of hydrogen-bond acceptors (Lipinski definition) is 4. The Morgan fingerprint density at radius 1 is 1.38 bits per heavy atom. The fourth-order valence-corrected chi connectivity index (χ4v) is 2.93. The van der Waals surface area contributed by atoms with E-state index in [1.54, 1.807) is 7.11 Å². The molecule has 1 saturated heterocycles. The van der Waals surface area contributed by atoms with Crippen molar-refractivity contribution >= 4 is 0 Å². The lowest BCUT2D eigenvalue weighted by Gasteiger charge is -2.29. The third kappa shape index (κ3) is 3.16. The average Bonchev–Trinajstić information content (AvgIpc) is 3.13. The van der Waals surface area contributed by atoms with E-state index in [0.717, 1.165) is 18.7 Å². The molecule has 1 aliphatic rings. The highest BCUT2D eigenvalue weighted by Gasteiger charge is 2.22. The van der Waals surface area contributed by atoms with Crippen molar-refractivity contribution in [1.29, 1.82) is 0 Å². The monoisotopic (exact) mass is 289 g/mol. The molecule has 0 bridgehead atoms. The Hall–Kier alpha value is -1.66. The zero-order chi connectivity index (χ0) is 14.7. The van der Waals surface area contributed by atoms with Crippen LogP contribution in [-0.2, 0) is 11.3 Å². The molecule has 3 heterocycles. The fourth-order valence-electron chi connectivity index (χ4n) is 2.93. The summed E-state index contributed by atoms with van der Waals surface area (Å²) in [7, 11) is 1.70. The summed E-state index contributed by atoms with van der Waals surface area (Å²) in [6.45, 7) is 3.68. The molecule has 2 aromatic heterocycles. The normalized spacial score (nSPS) is 22.6. The van der Waals surface area contributed by atoms with E-state index in [9.17, 15) is 0 Å². The van der Waals surface area contributed by atoms with Crippen LogP contribution in [0.3, 0.4) is 0 Å². The average molecular weight is 289 g/mol. The molecule has 2 unspecified atom stereocenters. The van der Waals surface area contributed by atoms with Crippen LogP contribution in [0.15, 0.2) is 24.9 Å². The third-order valence-electron chi connectivity index (χ3n) is 4.06. The standard InChI is InChI=1S/C15H23N5O/c1-12-4-3-5-14(18-12)15-9-16-11-20(15)13-8-17-19(10-13)6-7-21-2/h8-12,14,18H,3-7H2,1-2H3. The van der Waals surface area contributed by atoms with Crippen molar-refractivity contribution in [2.75, 3.05) is 13.7 Å². The maximum Gasteiger partial charge on any atom is 0.0995 e. The van der Waals surface area contributed by atoms with E-state index in [1.807, 2.05) is 29.6 Å². The van der Waals surface area contributed by atoms with Crippen molar-refractivity contribution in [3.8, 4) is 5.69 Å². The first kappa shape index (κ1) is 14.3. The molecular weight excluding hydrogens is 266 g/mol. The molecule has 2 aromatic rings. The molecular formula is C15H23N5O. The largest absolute Gasteiger partial charge is 0.383 e. The molecule has 0 saturated carbocycles. The molecule has 114 valence electrons. The molecule has 0 radical (unpaired) electrons. The minimum absolute atomic E-state index is 0.374. The van der Waals surface area contributed by atoms with Crippen LogP contribution in [0, 0.1) is 0 Å². The van der Waals surface area contributed by atoms with Gasteiger partial charge in [-0.1, -0.05) is 0 Å². The van der Waals surface area contributed by atoms with E-state index in [0.29, 0.717) is 18.7 Å². The van der Waals surface area contributed by atoms with E-state index in [2.05, 4.69) is 26.9 Å². The van der Waals surface area contributed by atoms with E-state index >= 15 is 0 Å². The van der Waals surface area contributed by atoms with Crippen LogP contribution < -0.4 is 5.32 Å². The van der Waals surface area contributed by atoms with Crippen LogP contribution in [0.4, 0.5) is 0 Å². The van der Waals surface area contributed by atoms with Crippen LogP contribution in [0.2, 0.25) is 0 Å². The van der Waals surface area contributed by atoms with Gasteiger partial charge in [-0.15, -0.1) is 0 Å². The van der Waals surface area contributed by atoms with Gasteiger partial charge < -0.3 is 10.1 Å². The highest BCUT2D eigenvalue weighted by atomic mass is 16.5. The van der Waals surface area contributed by atoms with Crippen LogP contribution in [0.25, 0.3) is 5.69 Å². The van der Waals surface area contributed by atoms with Gasteiger partial charge in [0.2, 0.25) is 0 Å². The summed E-state index contributed by atoms with van der Waals surface area (Å²) < 4.78 is 9.12. The molecule has 3 rings (SSSR count). The van der Waals surface area contributed by atoms with Crippen molar-refractivity contribution in [1.82, 2.24) is 24.6 Å². The van der Waals surface area contributed by atoms with Crippen molar-refractivity contribution in [3.63, 3.8) is 0 Å². The molecule has 1 N–H and O–H groups in total. The molecule has 6 heteroatoms. The summed E-state index contributed by atoms with van der Waals surface area (Å²) in [6.07, 6.45) is 11.4. The summed E-state index contributed by atoms with van der Waals surface area (Å²) >= 11 is 0. The minimum Gasteiger partial charge on any atom is -0.383 e. The highest BCUT2D eigenvalue weighted by Crippen LogP contribution is 2.26. The molecule has 1 aliphatic heterocycles. The smallest absolute Gasteiger partial charge is 0.0995 e. The predicted molar refractivity (Wildman–Crippen MR) is 80.4 cm³/mol. The number of piperidine rings is 1. The lowest BCUT2D eigenvalue weighted by atomic mass is 9.97. The first-order chi connectivity index (χ1) is 10.3. The second-order valence-electron chi connectivity index (χ2n) is 5.69. The van der Waals surface area contributed by atoms with Gasteiger partial charge in [0.1, 0.15) is 0 Å². The number of hydrogen-bond donors (Lipinski definition) is 1. The molecule has 0 aromatic carbocycles. The summed E-state index contributed by atoms with van der Waals surface area (Å²) in [5.74, 6) is 0. The highest BCUT2D eigenvalue weighted by molar-refractivity contribution is 5.29. The molecule has 2 atom stereocenters. The first-order valence-electron chi connectivity index (χ1n) is 7.58. The van der Waals surface area contributed by atoms with Crippen molar-refractivity contribution in [3.05, 3.63) is 30.6 Å². The number of aromatic nitrogens is 4. The summed E-state index contributed by atoms with van der Waals surface area (Å²) in [5.41, 5.74) is 2.27. The SMILES string of the molecule is COCCn1cc(-n2cncc2C2CCCC(C)N2)cn1. The lowest BCUT2D eigenvalue weighted by Crippen LogP contribution is -2.35. The maximum absolute atomic E-state index is 5.09. The molecule has 0 spiro atoms. The number of ether oxygens (including phenoxy) is 1. The second-order valence-corrected chi connectivity index (χ2v) is 5.69. The maximum atomic E-state index is 5.09. The Bertz CT molecular complexity index is 576. The summed E-state index contributed by atoms with van der Waals surface area (Å²) in [5, 5.41) is 8.04. The van der Waals surface area contributed by atoms with E-state index in [1.165, 1.54) is 18.5 Å². The molecule has 1 fully saturated rings. The van der Waals surface area contributed by atoms with E-state index in [-0.39, 0.29) is 0 Å². The fraction of sp³-hybridized carbons (Fsp3) is 0.600. The summed E-state index contributed by atoms with van der Waals surface area (Å²) in [4.78, 5) is 4.33. The summed E-state index contributed by atoms with van der Waals surface area (Å²) in [6, 6.07) is 0.940. The molecule has 0 amide bonds. The molecule has 6 nitrogen and oxygen atoms in total. The van der Waals surface area contributed by atoms with Crippen molar-refractivity contribution < 1.29 is 4.74 Å². The van der Waals surface area contributed by atoms with Gasteiger partial charge in [-0.3, -0.25) is 9.25 Å². The first-order valence-corrected chi connectivity index (χ1v) is 7.58. The van der Waals surface area contributed by atoms with Crippen molar-refractivity contribution in [2.24, 2.45) is 0 Å². The van der Waals surface area contributed by atoms with Crippen LogP contribution in [0.5, 0.6) is 0 Å². The number of methoxy groups -OCH3 is 1. The Morgan fingerprint density at radius 2 is 2.29 bits per heavy atom. The molecule has 0 aliphatic carbocycles. The Labute approximate surface area is 125 Å². The van der Waals surface area contributed by atoms with Gasteiger partial charge >= 0.3 is 0 Å². The van der Waals surface area contributed by atoms with Gasteiger partial charge in [-0.25, -0.2) is 4.98 Å². The second kappa shape index (κ2) is 6.41. The third-order valence-corrected chi connectivity index (χ3v) is 4.06. The number of rotatable bonds is 5. The zero-order valence-electron chi connectivity index (χ0n) is 12.7. The zero-order valence-corrected chi connectivity index (χ0v) is 12.7. The van der Waals surface area contributed by atoms with Gasteiger partial charge in [-0.2, -0.15) is 5.10 Å². The van der Waals surface area contributed by atoms with Gasteiger partial charge in [0.05, 0.1) is 43.3 Å². The topological polar surface area (TPSA) is 56.9 Å². The molecule has 21 heavy (non-hydrogen) atoms. The predicted octanol–water partition coefficient (Wildman–Crippen LogP) is 1.92. The van der Waals surface area contributed by atoms with Crippen LogP contribution in [0.1, 0.15) is 37.9 Å². The van der Waals surface area contributed by atoms with Crippen LogP contribution >= 0.6 is 0 Å². The van der Waals surface area contributed by atoms with E-state index < -0.39 is 0 Å². The Balaban J connectivity index is 1.79. The van der Waals surface area contributed by atoms with E-state index in [4.69, 9.17) is 4.74 Å². The van der Waals surface area contributed by atoms with Gasteiger partial charge in [0.15, 0.2) is 0 Å². The Kier molecular flexibility index (Phi) is 4.36.